The summed E-state index contributed by atoms with van der Waals surface area (Å²) in [4.78, 5) is 24.0. The van der Waals surface area contributed by atoms with Crippen LogP contribution in [0.25, 0.3) is 4.96 Å². The largest absolute Gasteiger partial charge is 0.383 e. The number of fused-ring (bicyclic) bond motifs is 1. The molecule has 0 aliphatic rings. The number of hydrogen-bond donors (Lipinski definition) is 0. The Hall–Kier alpha value is -1.81. The van der Waals surface area contributed by atoms with Gasteiger partial charge in [0.2, 0.25) is 4.96 Å². The molecule has 1 atom stereocenters. The van der Waals surface area contributed by atoms with Gasteiger partial charge in [-0.1, -0.05) is 29.2 Å². The Morgan fingerprint density at radius 3 is 2.96 bits per heavy atom. The third-order valence-electron chi connectivity index (χ3n) is 3.75. The van der Waals surface area contributed by atoms with Crippen molar-refractivity contribution >= 4 is 28.1 Å². The molecule has 132 valence electrons. The van der Waals surface area contributed by atoms with E-state index < -0.39 is 0 Å². The number of likely N-dealkylation sites (N-methyl/N-ethyl adjacent to an activating group) is 1. The number of nitrogens with zero attached hydrogens (tertiary/aromatic N) is 5. The predicted octanol–water partition coefficient (Wildman–Crippen LogP) is 2.09. The fraction of sp³-hybridized carbons (Fsp3) is 0.375. The number of methoxy groups -OCH3 is 1. The number of ether oxygens (including phenoxy) is 1. The molecule has 0 aliphatic heterocycles. The highest BCUT2D eigenvalue weighted by Gasteiger charge is 2.19. The number of pyridine rings is 1. The van der Waals surface area contributed by atoms with Crippen LogP contribution in [0.4, 0.5) is 0 Å². The van der Waals surface area contributed by atoms with Gasteiger partial charge in [-0.15, -0.1) is 5.10 Å². The minimum Gasteiger partial charge on any atom is -0.383 e. The van der Waals surface area contributed by atoms with Gasteiger partial charge in [-0.3, -0.25) is 14.7 Å². The van der Waals surface area contributed by atoms with Crippen molar-refractivity contribution in [1.29, 1.82) is 0 Å². The first-order valence-corrected chi connectivity index (χ1v) is 9.70. The summed E-state index contributed by atoms with van der Waals surface area (Å²) >= 11 is 2.92. The number of thioether (sulfide) groups is 1. The van der Waals surface area contributed by atoms with Crippen molar-refractivity contribution in [3.05, 3.63) is 52.2 Å². The van der Waals surface area contributed by atoms with Gasteiger partial charge in [-0.05, 0) is 25.4 Å². The molecule has 0 radical (unpaired) electrons. The summed E-state index contributed by atoms with van der Waals surface area (Å²) in [6, 6.07) is 7.33. The van der Waals surface area contributed by atoms with Gasteiger partial charge in [-0.2, -0.15) is 4.52 Å². The molecule has 0 saturated heterocycles. The summed E-state index contributed by atoms with van der Waals surface area (Å²) in [7, 11) is 3.64. The lowest BCUT2D eigenvalue weighted by Gasteiger charge is -2.26. The molecule has 0 N–H and O–H groups in total. The normalized spacial score (nSPS) is 12.8. The van der Waals surface area contributed by atoms with Crippen LogP contribution in [-0.4, -0.2) is 51.5 Å². The van der Waals surface area contributed by atoms with Crippen LogP contribution in [0, 0.1) is 0 Å². The van der Waals surface area contributed by atoms with Gasteiger partial charge >= 0.3 is 0 Å². The molecule has 0 aromatic carbocycles. The Kier molecular flexibility index (Phi) is 5.79. The van der Waals surface area contributed by atoms with Crippen molar-refractivity contribution in [2.75, 3.05) is 27.0 Å². The van der Waals surface area contributed by atoms with E-state index in [-0.39, 0.29) is 11.6 Å². The van der Waals surface area contributed by atoms with Crippen LogP contribution in [0.15, 0.2) is 39.6 Å². The summed E-state index contributed by atoms with van der Waals surface area (Å²) < 4.78 is 7.52. The fourth-order valence-electron chi connectivity index (χ4n) is 2.54. The van der Waals surface area contributed by atoms with Crippen molar-refractivity contribution in [3.63, 3.8) is 0 Å². The summed E-state index contributed by atoms with van der Waals surface area (Å²) in [6.07, 6.45) is 3.70. The third-order valence-corrected chi connectivity index (χ3v) is 5.64. The summed E-state index contributed by atoms with van der Waals surface area (Å²) in [5, 5.41) is 4.24. The highest BCUT2D eigenvalue weighted by molar-refractivity contribution is 8.00. The SMILES string of the molecule is COC[C@@H](c1ccccn1)N(C)Cc1cc(=O)n2nc(SC)sc2n1. The first-order chi connectivity index (χ1) is 12.1. The van der Waals surface area contributed by atoms with E-state index in [2.05, 4.69) is 20.0 Å². The molecule has 0 amide bonds. The molecule has 3 heterocycles. The van der Waals surface area contributed by atoms with Crippen LogP contribution in [0.1, 0.15) is 17.4 Å². The van der Waals surface area contributed by atoms with Gasteiger partial charge in [-0.25, -0.2) is 4.98 Å². The number of rotatable bonds is 7. The maximum absolute atomic E-state index is 12.3. The van der Waals surface area contributed by atoms with Crippen LogP contribution < -0.4 is 5.56 Å². The highest BCUT2D eigenvalue weighted by Crippen LogP contribution is 2.22. The zero-order chi connectivity index (χ0) is 17.8. The fourth-order valence-corrected chi connectivity index (χ4v) is 3.92. The minimum absolute atomic E-state index is 0.0188. The van der Waals surface area contributed by atoms with Crippen molar-refractivity contribution in [3.8, 4) is 0 Å². The lowest BCUT2D eigenvalue weighted by atomic mass is 10.1. The maximum Gasteiger partial charge on any atom is 0.275 e. The molecule has 0 aliphatic carbocycles. The zero-order valence-corrected chi connectivity index (χ0v) is 15.9. The number of hydrogen-bond acceptors (Lipinski definition) is 8. The van der Waals surface area contributed by atoms with E-state index in [1.165, 1.54) is 33.7 Å². The monoisotopic (exact) mass is 377 g/mol. The van der Waals surface area contributed by atoms with Crippen LogP contribution in [-0.2, 0) is 11.3 Å². The zero-order valence-electron chi connectivity index (χ0n) is 14.2. The van der Waals surface area contributed by atoms with E-state index in [1.54, 1.807) is 13.3 Å². The Labute approximate surface area is 153 Å². The van der Waals surface area contributed by atoms with Crippen LogP contribution in [0.2, 0.25) is 0 Å². The molecule has 0 spiro atoms. The van der Waals surface area contributed by atoms with E-state index in [0.717, 1.165) is 10.0 Å². The van der Waals surface area contributed by atoms with Gasteiger partial charge in [0, 0.05) is 25.9 Å². The molecule has 3 aromatic rings. The van der Waals surface area contributed by atoms with Crippen LogP contribution in [0.5, 0.6) is 0 Å². The standard InChI is InChI=1S/C16H19N5O2S2/c1-20(13(10-23-2)12-6-4-5-7-17-12)9-11-8-14(22)21-15(18-11)25-16(19-21)24-3/h4-8,13H,9-10H2,1-3H3/t13-/m0/s1. The third kappa shape index (κ3) is 4.06. The number of aromatic nitrogens is 4. The Morgan fingerprint density at radius 2 is 2.28 bits per heavy atom. The van der Waals surface area contributed by atoms with Crippen molar-refractivity contribution in [2.24, 2.45) is 0 Å². The van der Waals surface area contributed by atoms with Gasteiger partial charge < -0.3 is 4.74 Å². The lowest BCUT2D eigenvalue weighted by molar-refractivity contribution is 0.0993. The first-order valence-electron chi connectivity index (χ1n) is 7.66. The van der Waals surface area contributed by atoms with E-state index in [0.29, 0.717) is 23.8 Å². The molecule has 0 bridgehead atoms. The second-order valence-electron chi connectivity index (χ2n) is 5.49. The summed E-state index contributed by atoms with van der Waals surface area (Å²) in [6.45, 7) is 1.02. The van der Waals surface area contributed by atoms with E-state index >= 15 is 0 Å². The average molecular weight is 377 g/mol. The highest BCUT2D eigenvalue weighted by atomic mass is 32.2. The van der Waals surface area contributed by atoms with Crippen molar-refractivity contribution in [2.45, 2.75) is 16.9 Å². The molecular formula is C16H19N5O2S2. The second-order valence-corrected chi connectivity index (χ2v) is 7.50. The smallest absolute Gasteiger partial charge is 0.275 e. The lowest BCUT2D eigenvalue weighted by Crippen LogP contribution is -2.29. The maximum atomic E-state index is 12.3. The molecular weight excluding hydrogens is 358 g/mol. The van der Waals surface area contributed by atoms with Gasteiger partial charge in [0.05, 0.1) is 24.0 Å². The molecule has 0 unspecified atom stereocenters. The molecule has 25 heavy (non-hydrogen) atoms. The van der Waals surface area contributed by atoms with Gasteiger partial charge in [0.15, 0.2) is 4.34 Å². The van der Waals surface area contributed by atoms with E-state index in [1.807, 2.05) is 31.5 Å². The Morgan fingerprint density at radius 1 is 1.44 bits per heavy atom. The predicted molar refractivity (Wildman–Crippen MR) is 99.2 cm³/mol. The molecule has 3 aromatic heterocycles. The minimum atomic E-state index is -0.161. The second kappa shape index (κ2) is 8.05. The van der Waals surface area contributed by atoms with E-state index in [4.69, 9.17) is 4.74 Å². The molecule has 0 saturated carbocycles. The quantitative estimate of drug-likeness (QED) is 0.584. The topological polar surface area (TPSA) is 72.6 Å². The summed E-state index contributed by atoms with van der Waals surface area (Å²) in [5.74, 6) is 0. The molecule has 0 fully saturated rings. The van der Waals surface area contributed by atoms with Crippen LogP contribution in [0.3, 0.4) is 0 Å². The molecule has 3 rings (SSSR count). The van der Waals surface area contributed by atoms with Crippen molar-refractivity contribution in [1.82, 2.24) is 24.5 Å². The Balaban J connectivity index is 1.87. The van der Waals surface area contributed by atoms with Crippen LogP contribution >= 0.6 is 23.1 Å². The van der Waals surface area contributed by atoms with Crippen molar-refractivity contribution < 1.29 is 4.74 Å². The molecule has 9 heteroatoms. The molecule has 7 nitrogen and oxygen atoms in total. The van der Waals surface area contributed by atoms with Gasteiger partial charge in [0.1, 0.15) is 0 Å². The summed E-state index contributed by atoms with van der Waals surface area (Å²) in [5.41, 5.74) is 1.47. The average Bonchev–Trinajstić information content (AvgIpc) is 3.04. The van der Waals surface area contributed by atoms with E-state index in [9.17, 15) is 4.79 Å². The first kappa shape index (κ1) is 18.0. The van der Waals surface area contributed by atoms with Gasteiger partial charge in [0.25, 0.3) is 5.56 Å². The Bertz CT molecular complexity index is 896.